The Kier molecular flexibility index (Phi) is 5.48. The quantitative estimate of drug-likeness (QED) is 0.344. The monoisotopic (exact) mass is 377 g/mol. The zero-order chi connectivity index (χ0) is 20.1. The van der Waals surface area contributed by atoms with Crippen molar-refractivity contribution in [3.05, 3.63) is 143 Å². The summed E-state index contributed by atoms with van der Waals surface area (Å²) in [6, 6.07) is 38.6. The number of hydrogen-bond donors (Lipinski definition) is 0. The second kappa shape index (κ2) is 8.36. The first-order valence-corrected chi connectivity index (χ1v) is 9.90. The normalized spacial score (nSPS) is 11.2. The molecule has 0 N–H and O–H groups in total. The zero-order valence-corrected chi connectivity index (χ0v) is 16.9. The molecular formula is C28H25O. The van der Waals surface area contributed by atoms with Crippen molar-refractivity contribution in [3.63, 3.8) is 0 Å². The number of hydrogen-bond acceptors (Lipinski definition) is 1. The molecule has 0 aliphatic heterocycles. The molecule has 29 heavy (non-hydrogen) atoms. The molecule has 4 aromatic carbocycles. The number of rotatable bonds is 6. The largest absolute Gasteiger partial charge is 0.497 e. The molecule has 0 aliphatic rings. The van der Waals surface area contributed by atoms with Gasteiger partial charge < -0.3 is 4.74 Å². The van der Waals surface area contributed by atoms with E-state index in [2.05, 4.69) is 110 Å². The van der Waals surface area contributed by atoms with Gasteiger partial charge in [-0.1, -0.05) is 103 Å². The van der Waals surface area contributed by atoms with Crippen LogP contribution in [0.1, 0.15) is 27.8 Å². The van der Waals surface area contributed by atoms with Crippen molar-refractivity contribution < 1.29 is 4.74 Å². The van der Waals surface area contributed by atoms with Crippen molar-refractivity contribution in [3.8, 4) is 5.75 Å². The fraction of sp³-hybridized carbons (Fsp3) is 0.107. The van der Waals surface area contributed by atoms with Crippen LogP contribution in [0.2, 0.25) is 0 Å². The molecule has 0 saturated heterocycles. The Labute approximate surface area is 173 Å². The van der Waals surface area contributed by atoms with Crippen LogP contribution in [-0.2, 0) is 5.41 Å². The summed E-state index contributed by atoms with van der Waals surface area (Å²) in [6.07, 6.45) is 2.37. The first kappa shape index (κ1) is 19.0. The number of benzene rings is 4. The maximum atomic E-state index is 5.41. The summed E-state index contributed by atoms with van der Waals surface area (Å²) in [5.41, 5.74) is 5.71. The minimum Gasteiger partial charge on any atom is -0.497 e. The average molecular weight is 378 g/mol. The van der Waals surface area contributed by atoms with Gasteiger partial charge in [-0.15, -0.1) is 0 Å². The molecular weight excluding hydrogens is 352 g/mol. The Hall–Kier alpha value is -3.32. The predicted octanol–water partition coefficient (Wildman–Crippen LogP) is 6.59. The zero-order valence-electron chi connectivity index (χ0n) is 16.9. The van der Waals surface area contributed by atoms with Gasteiger partial charge in [-0.25, -0.2) is 0 Å². The minimum absolute atomic E-state index is 0.413. The van der Waals surface area contributed by atoms with Gasteiger partial charge in [0.15, 0.2) is 0 Å². The second-order valence-corrected chi connectivity index (χ2v) is 7.32. The van der Waals surface area contributed by atoms with Crippen molar-refractivity contribution in [2.75, 3.05) is 7.11 Å². The summed E-state index contributed by atoms with van der Waals surface area (Å²) < 4.78 is 5.41. The molecule has 0 amide bonds. The number of aryl methyl sites for hydroxylation is 1. The summed E-state index contributed by atoms with van der Waals surface area (Å²) in [5.74, 6) is 0.860. The SMILES string of the molecule is COc1ccc(C([CH]c2ccc(C)cc2)(c2ccccc2)c2ccccc2)cc1. The lowest BCUT2D eigenvalue weighted by molar-refractivity contribution is 0.414. The minimum atomic E-state index is -0.413. The molecule has 0 aromatic heterocycles. The lowest BCUT2D eigenvalue weighted by Gasteiger charge is -2.36. The molecule has 143 valence electrons. The van der Waals surface area contributed by atoms with Gasteiger partial charge in [0.2, 0.25) is 0 Å². The highest BCUT2D eigenvalue weighted by atomic mass is 16.5. The van der Waals surface area contributed by atoms with Crippen LogP contribution in [0.5, 0.6) is 5.75 Å². The molecule has 0 unspecified atom stereocenters. The van der Waals surface area contributed by atoms with Gasteiger partial charge in [0.05, 0.1) is 12.5 Å². The van der Waals surface area contributed by atoms with Gasteiger partial charge in [0.1, 0.15) is 5.75 Å². The van der Waals surface area contributed by atoms with Gasteiger partial charge in [0.25, 0.3) is 0 Å². The van der Waals surface area contributed by atoms with Gasteiger partial charge >= 0.3 is 0 Å². The highest BCUT2D eigenvalue weighted by Crippen LogP contribution is 2.43. The molecule has 1 radical (unpaired) electrons. The predicted molar refractivity (Wildman–Crippen MR) is 120 cm³/mol. The number of methoxy groups -OCH3 is 1. The van der Waals surface area contributed by atoms with Crippen LogP contribution in [0, 0.1) is 13.3 Å². The summed E-state index contributed by atoms with van der Waals surface area (Å²) >= 11 is 0. The van der Waals surface area contributed by atoms with E-state index in [1.165, 1.54) is 27.8 Å². The molecule has 1 nitrogen and oxygen atoms in total. The number of ether oxygens (including phenoxy) is 1. The second-order valence-electron chi connectivity index (χ2n) is 7.32. The van der Waals surface area contributed by atoms with Crippen LogP contribution >= 0.6 is 0 Å². The molecule has 0 saturated carbocycles. The first-order valence-electron chi connectivity index (χ1n) is 9.90. The van der Waals surface area contributed by atoms with E-state index in [0.29, 0.717) is 0 Å². The summed E-state index contributed by atoms with van der Waals surface area (Å²) in [6.45, 7) is 2.12. The van der Waals surface area contributed by atoms with Crippen LogP contribution in [-0.4, -0.2) is 7.11 Å². The van der Waals surface area contributed by atoms with Crippen LogP contribution in [0.25, 0.3) is 0 Å². The van der Waals surface area contributed by atoms with Gasteiger partial charge in [-0.3, -0.25) is 0 Å². The Balaban J connectivity index is 1.97. The summed E-state index contributed by atoms with van der Waals surface area (Å²) in [7, 11) is 1.70. The molecule has 0 spiro atoms. The van der Waals surface area contributed by atoms with E-state index in [1.54, 1.807) is 7.11 Å². The summed E-state index contributed by atoms with van der Waals surface area (Å²) in [5, 5.41) is 0. The molecule has 0 bridgehead atoms. The van der Waals surface area contributed by atoms with E-state index in [4.69, 9.17) is 4.74 Å². The Morgan fingerprint density at radius 1 is 0.586 bits per heavy atom. The van der Waals surface area contributed by atoms with Crippen LogP contribution in [0.4, 0.5) is 0 Å². The highest BCUT2D eigenvalue weighted by molar-refractivity contribution is 5.57. The van der Waals surface area contributed by atoms with Crippen molar-refractivity contribution >= 4 is 0 Å². The molecule has 4 aromatic rings. The van der Waals surface area contributed by atoms with Crippen molar-refractivity contribution in [1.29, 1.82) is 0 Å². The lowest BCUT2D eigenvalue weighted by atomic mass is 9.66. The summed E-state index contributed by atoms with van der Waals surface area (Å²) in [4.78, 5) is 0. The van der Waals surface area contributed by atoms with Crippen LogP contribution in [0.15, 0.2) is 109 Å². The third-order valence-corrected chi connectivity index (χ3v) is 5.46. The van der Waals surface area contributed by atoms with Gasteiger partial charge in [-0.2, -0.15) is 0 Å². The van der Waals surface area contributed by atoms with Crippen molar-refractivity contribution in [1.82, 2.24) is 0 Å². The van der Waals surface area contributed by atoms with Crippen molar-refractivity contribution in [2.24, 2.45) is 0 Å². The smallest absolute Gasteiger partial charge is 0.118 e. The third-order valence-electron chi connectivity index (χ3n) is 5.46. The topological polar surface area (TPSA) is 9.23 Å². The van der Waals surface area contributed by atoms with Crippen LogP contribution < -0.4 is 4.74 Å². The molecule has 1 heteroatoms. The van der Waals surface area contributed by atoms with E-state index in [0.717, 1.165) is 5.75 Å². The van der Waals surface area contributed by atoms with E-state index >= 15 is 0 Å². The molecule has 0 atom stereocenters. The molecule has 0 fully saturated rings. The molecule has 0 heterocycles. The van der Waals surface area contributed by atoms with E-state index < -0.39 is 5.41 Å². The van der Waals surface area contributed by atoms with Gasteiger partial charge in [-0.05, 0) is 41.3 Å². The van der Waals surface area contributed by atoms with E-state index in [-0.39, 0.29) is 0 Å². The molecule has 4 rings (SSSR count). The van der Waals surface area contributed by atoms with Crippen molar-refractivity contribution in [2.45, 2.75) is 12.3 Å². The van der Waals surface area contributed by atoms with E-state index in [9.17, 15) is 0 Å². The highest BCUT2D eigenvalue weighted by Gasteiger charge is 2.36. The van der Waals surface area contributed by atoms with Crippen LogP contribution in [0.3, 0.4) is 0 Å². The Morgan fingerprint density at radius 2 is 1.07 bits per heavy atom. The fourth-order valence-corrected chi connectivity index (χ4v) is 3.92. The Bertz CT molecular complexity index is 993. The first-order chi connectivity index (χ1) is 14.2. The average Bonchev–Trinajstić information content (AvgIpc) is 2.80. The fourth-order valence-electron chi connectivity index (χ4n) is 3.92. The standard InChI is InChI=1S/C28H25O/c1-22-13-15-23(16-14-22)21-28(24-9-5-3-6-10-24,25-11-7-4-8-12-25)26-17-19-27(29-2)20-18-26/h3-21H,1-2H3. The third kappa shape index (κ3) is 3.82. The van der Waals surface area contributed by atoms with Gasteiger partial charge in [0, 0.05) is 6.42 Å². The lowest BCUT2D eigenvalue weighted by Crippen LogP contribution is -2.30. The van der Waals surface area contributed by atoms with E-state index in [1.807, 2.05) is 12.1 Å². The maximum absolute atomic E-state index is 5.41. The molecule has 0 aliphatic carbocycles. The Morgan fingerprint density at radius 3 is 1.55 bits per heavy atom. The maximum Gasteiger partial charge on any atom is 0.118 e.